The number of nitrogens with one attached hydrogen (secondary N) is 1. The zero-order valence-electron chi connectivity index (χ0n) is 22.6. The number of H-pyrrole nitrogens is 1. The van der Waals surface area contributed by atoms with Crippen LogP contribution in [0.3, 0.4) is 0 Å². The van der Waals surface area contributed by atoms with Crippen LogP contribution in [0.2, 0.25) is 0 Å². The van der Waals surface area contributed by atoms with E-state index >= 15 is 0 Å². The average molecular weight is 553 g/mol. The molecule has 4 heterocycles. The maximum Gasteiger partial charge on any atom is 0.411 e. The van der Waals surface area contributed by atoms with Crippen LogP contribution in [0.4, 0.5) is 10.5 Å². The third-order valence-corrected chi connectivity index (χ3v) is 7.34. The Kier molecular flexibility index (Phi) is 6.89. The standard InChI is InChI=1S/C29H28N8O4/c1-18-3-9-25(36-17-31-33-34-36)23(13-18)20-14-22-8-10-26(37(22)27(38)15-20)28-30-16-24(32-28)19-4-6-21(7-5-19)35(29(39)40)11-12-41-2/h3-7,9,13-17,26H,8,10-12H2,1-2H3,(H,30,32)(H,39,40)/t26-/m0/s1. The molecular formula is C29H28N8O4. The molecule has 6 rings (SSSR count). The van der Waals surface area contributed by atoms with Gasteiger partial charge in [0, 0.05) is 30.1 Å². The molecule has 0 aliphatic carbocycles. The molecule has 3 aromatic heterocycles. The van der Waals surface area contributed by atoms with Crippen LogP contribution in [0.5, 0.6) is 0 Å². The lowest BCUT2D eigenvalue weighted by molar-refractivity contribution is 0.186. The second kappa shape index (κ2) is 10.8. The third-order valence-electron chi connectivity index (χ3n) is 7.34. The van der Waals surface area contributed by atoms with Crippen LogP contribution in [0.15, 0.2) is 71.9 Å². The molecule has 1 aliphatic rings. The van der Waals surface area contributed by atoms with Gasteiger partial charge in [0.1, 0.15) is 12.2 Å². The number of aromatic amines is 1. The van der Waals surface area contributed by atoms with Gasteiger partial charge in [-0.1, -0.05) is 23.8 Å². The predicted molar refractivity (Wildman–Crippen MR) is 151 cm³/mol. The van der Waals surface area contributed by atoms with Gasteiger partial charge < -0.3 is 19.4 Å². The average Bonchev–Trinajstić information content (AvgIpc) is 3.74. The van der Waals surface area contributed by atoms with Gasteiger partial charge in [-0.15, -0.1) is 5.10 Å². The lowest BCUT2D eigenvalue weighted by atomic mass is 10.0. The number of carbonyl (C=O) groups is 1. The summed E-state index contributed by atoms with van der Waals surface area (Å²) in [6.07, 6.45) is 3.71. The second-order valence-electron chi connectivity index (χ2n) is 9.93. The van der Waals surface area contributed by atoms with E-state index in [0.29, 0.717) is 18.1 Å². The highest BCUT2D eigenvalue weighted by molar-refractivity contribution is 5.86. The molecule has 12 nitrogen and oxygen atoms in total. The lowest BCUT2D eigenvalue weighted by Gasteiger charge is -2.19. The summed E-state index contributed by atoms with van der Waals surface area (Å²) in [5.41, 5.74) is 6.61. The number of benzene rings is 2. The summed E-state index contributed by atoms with van der Waals surface area (Å²) in [6, 6.07) is 16.7. The van der Waals surface area contributed by atoms with Gasteiger partial charge in [0.2, 0.25) is 0 Å². The van der Waals surface area contributed by atoms with Crippen LogP contribution < -0.4 is 10.5 Å². The van der Waals surface area contributed by atoms with Crippen LogP contribution in [0.1, 0.15) is 29.5 Å². The maximum atomic E-state index is 13.5. The number of ether oxygens (including phenoxy) is 1. The first-order valence-electron chi connectivity index (χ1n) is 13.2. The minimum atomic E-state index is -1.04. The van der Waals surface area contributed by atoms with E-state index in [2.05, 4.69) is 31.6 Å². The van der Waals surface area contributed by atoms with Crippen LogP contribution in [0.25, 0.3) is 28.1 Å². The van der Waals surface area contributed by atoms with Crippen molar-refractivity contribution in [2.75, 3.05) is 25.2 Å². The van der Waals surface area contributed by atoms with Crippen molar-refractivity contribution in [3.8, 4) is 28.1 Å². The van der Waals surface area contributed by atoms with Gasteiger partial charge >= 0.3 is 6.09 Å². The van der Waals surface area contributed by atoms with Crippen LogP contribution in [-0.4, -0.2) is 66.2 Å². The minimum Gasteiger partial charge on any atom is -0.465 e. The fraction of sp³-hybridized carbons (Fsp3) is 0.241. The highest BCUT2D eigenvalue weighted by Crippen LogP contribution is 2.34. The third kappa shape index (κ3) is 5.00. The SMILES string of the molecule is COCCN(C(=O)O)c1ccc(-c2cnc([C@@H]3CCc4cc(-c5cc(C)ccc5-n5cnnn5)cc(=O)n43)[nH]2)cc1. The molecule has 0 saturated heterocycles. The van der Waals surface area contributed by atoms with Crippen molar-refractivity contribution in [3.05, 3.63) is 94.6 Å². The number of aromatic nitrogens is 7. The molecule has 5 aromatic rings. The molecule has 0 saturated carbocycles. The summed E-state index contributed by atoms with van der Waals surface area (Å²) < 4.78 is 8.43. The summed E-state index contributed by atoms with van der Waals surface area (Å²) in [7, 11) is 1.54. The molecule has 0 radical (unpaired) electrons. The molecule has 0 fully saturated rings. The van der Waals surface area contributed by atoms with E-state index in [1.165, 1.54) is 18.3 Å². The fourth-order valence-corrected chi connectivity index (χ4v) is 5.35. The number of tetrazole rings is 1. The van der Waals surface area contributed by atoms with Crippen molar-refractivity contribution >= 4 is 11.8 Å². The number of anilines is 1. The van der Waals surface area contributed by atoms with Crippen molar-refractivity contribution in [1.29, 1.82) is 0 Å². The van der Waals surface area contributed by atoms with Crippen molar-refractivity contribution < 1.29 is 14.6 Å². The molecule has 0 spiro atoms. The summed E-state index contributed by atoms with van der Waals surface area (Å²) in [4.78, 5) is 34.4. The molecular weight excluding hydrogens is 524 g/mol. The predicted octanol–water partition coefficient (Wildman–Crippen LogP) is 3.86. The van der Waals surface area contributed by atoms with E-state index < -0.39 is 6.09 Å². The van der Waals surface area contributed by atoms with Gasteiger partial charge in [-0.3, -0.25) is 9.69 Å². The minimum absolute atomic E-state index is 0.101. The molecule has 12 heteroatoms. The van der Waals surface area contributed by atoms with E-state index in [1.807, 2.05) is 41.8 Å². The Hall–Kier alpha value is -5.10. The molecule has 0 bridgehead atoms. The zero-order chi connectivity index (χ0) is 28.5. The van der Waals surface area contributed by atoms with Gasteiger partial charge in [-0.05, 0) is 71.7 Å². The quantitative estimate of drug-likeness (QED) is 0.295. The Morgan fingerprint density at radius 2 is 1.98 bits per heavy atom. The number of imidazole rings is 1. The van der Waals surface area contributed by atoms with Gasteiger partial charge in [-0.25, -0.2) is 9.78 Å². The van der Waals surface area contributed by atoms with Gasteiger partial charge in [0.05, 0.1) is 36.8 Å². The number of nitrogens with zero attached hydrogens (tertiary/aromatic N) is 7. The summed E-state index contributed by atoms with van der Waals surface area (Å²) >= 11 is 0. The van der Waals surface area contributed by atoms with E-state index in [-0.39, 0.29) is 18.1 Å². The van der Waals surface area contributed by atoms with E-state index in [0.717, 1.165) is 52.2 Å². The molecule has 0 unspecified atom stereocenters. The molecule has 1 atom stereocenters. The fourth-order valence-electron chi connectivity index (χ4n) is 5.35. The summed E-state index contributed by atoms with van der Waals surface area (Å²) in [5.74, 6) is 0.704. The van der Waals surface area contributed by atoms with Crippen molar-refractivity contribution in [3.63, 3.8) is 0 Å². The van der Waals surface area contributed by atoms with Crippen molar-refractivity contribution in [2.24, 2.45) is 0 Å². The Labute approximate surface area is 234 Å². The van der Waals surface area contributed by atoms with Crippen LogP contribution >= 0.6 is 0 Å². The number of fused-ring (bicyclic) bond motifs is 1. The normalized spacial score (nSPS) is 14.2. The van der Waals surface area contributed by atoms with Crippen molar-refractivity contribution in [1.82, 2.24) is 34.7 Å². The summed E-state index contributed by atoms with van der Waals surface area (Å²) in [6.45, 7) is 2.54. The molecule has 1 amide bonds. The number of rotatable bonds is 8. The first-order valence-corrected chi connectivity index (χ1v) is 13.2. The molecule has 208 valence electrons. The number of carboxylic acid groups (broad SMARTS) is 1. The molecule has 2 aromatic carbocycles. The van der Waals surface area contributed by atoms with Gasteiger partial charge in [0.25, 0.3) is 5.56 Å². The number of pyridine rings is 1. The Morgan fingerprint density at radius 3 is 2.71 bits per heavy atom. The van der Waals surface area contributed by atoms with E-state index in [4.69, 9.17) is 4.74 Å². The molecule has 2 N–H and O–H groups in total. The highest BCUT2D eigenvalue weighted by atomic mass is 16.5. The van der Waals surface area contributed by atoms with E-state index in [9.17, 15) is 14.7 Å². The lowest BCUT2D eigenvalue weighted by Crippen LogP contribution is -2.32. The number of hydrogen-bond acceptors (Lipinski definition) is 7. The topological polar surface area (TPSA) is 144 Å². The van der Waals surface area contributed by atoms with Gasteiger partial charge in [0.15, 0.2) is 0 Å². The van der Waals surface area contributed by atoms with Crippen LogP contribution in [0, 0.1) is 6.92 Å². The van der Waals surface area contributed by atoms with E-state index in [1.54, 1.807) is 29.1 Å². The zero-order valence-corrected chi connectivity index (χ0v) is 22.6. The number of amides is 1. The molecule has 41 heavy (non-hydrogen) atoms. The Balaban J connectivity index is 1.28. The van der Waals surface area contributed by atoms with Gasteiger partial charge in [-0.2, -0.15) is 4.68 Å². The number of aryl methyl sites for hydroxylation is 2. The highest BCUT2D eigenvalue weighted by Gasteiger charge is 2.28. The smallest absolute Gasteiger partial charge is 0.411 e. The molecule has 1 aliphatic heterocycles. The summed E-state index contributed by atoms with van der Waals surface area (Å²) in [5, 5.41) is 21.1. The van der Waals surface area contributed by atoms with Crippen LogP contribution in [-0.2, 0) is 11.2 Å². The van der Waals surface area contributed by atoms with Crippen molar-refractivity contribution in [2.45, 2.75) is 25.8 Å². The second-order valence-corrected chi connectivity index (χ2v) is 9.93. The monoisotopic (exact) mass is 552 g/mol. The number of methoxy groups -OCH3 is 1. The Bertz CT molecular complexity index is 1760. The Morgan fingerprint density at radius 1 is 1.15 bits per heavy atom. The first-order chi connectivity index (χ1) is 19.9. The first kappa shape index (κ1) is 26.1. The number of hydrogen-bond donors (Lipinski definition) is 2. The largest absolute Gasteiger partial charge is 0.465 e. The maximum absolute atomic E-state index is 13.5.